The molecule has 35 heavy (non-hydrogen) atoms. The maximum atomic E-state index is 13.7. The second-order valence-electron chi connectivity index (χ2n) is 9.01. The molecule has 0 bridgehead atoms. The minimum atomic E-state index is -0.253. The molecule has 0 fully saturated rings. The molecule has 0 unspecified atom stereocenters. The van der Waals surface area contributed by atoms with E-state index in [0.29, 0.717) is 6.54 Å². The lowest BCUT2D eigenvalue weighted by atomic mass is 9.93. The van der Waals surface area contributed by atoms with Crippen LogP contribution in [0.15, 0.2) is 89.3 Å². The number of hydrogen-bond donors (Lipinski definition) is 0. The van der Waals surface area contributed by atoms with E-state index in [4.69, 9.17) is 9.15 Å². The van der Waals surface area contributed by atoms with Gasteiger partial charge in [0.05, 0.1) is 25.4 Å². The Kier molecular flexibility index (Phi) is 4.99. The number of aryl methyl sites for hydroxylation is 2. The number of amides is 1. The summed E-state index contributed by atoms with van der Waals surface area (Å²) in [6.45, 7) is 2.32. The SMILES string of the molecule is COc1cccc(-c2c([C@H]3c4ccccc4C(=O)N3Cc3ccc(C)o3)c3ccccc3n2C)c1. The predicted molar refractivity (Wildman–Crippen MR) is 137 cm³/mol. The highest BCUT2D eigenvalue weighted by atomic mass is 16.5. The lowest BCUT2D eigenvalue weighted by Crippen LogP contribution is -2.28. The first-order chi connectivity index (χ1) is 17.1. The van der Waals surface area contributed by atoms with Crippen molar-refractivity contribution in [2.24, 2.45) is 7.05 Å². The summed E-state index contributed by atoms with van der Waals surface area (Å²) in [5.74, 6) is 2.42. The Morgan fingerprint density at radius 1 is 0.943 bits per heavy atom. The molecule has 0 N–H and O–H groups in total. The van der Waals surface area contributed by atoms with Crippen molar-refractivity contribution in [3.8, 4) is 17.0 Å². The van der Waals surface area contributed by atoms with Gasteiger partial charge in [0.2, 0.25) is 0 Å². The molecular weight excluding hydrogens is 436 g/mol. The molecule has 2 aromatic heterocycles. The highest BCUT2D eigenvalue weighted by Crippen LogP contribution is 2.47. The topological polar surface area (TPSA) is 47.6 Å². The molecule has 0 saturated carbocycles. The van der Waals surface area contributed by atoms with E-state index >= 15 is 0 Å². The van der Waals surface area contributed by atoms with E-state index in [1.807, 2.05) is 54.3 Å². The molecular formula is C30H26N2O3. The van der Waals surface area contributed by atoms with Gasteiger partial charge in [-0.2, -0.15) is 0 Å². The number of carbonyl (C=O) groups excluding carboxylic acids is 1. The predicted octanol–water partition coefficient (Wildman–Crippen LogP) is 6.50. The Balaban J connectivity index is 1.63. The Morgan fingerprint density at radius 2 is 1.74 bits per heavy atom. The van der Waals surface area contributed by atoms with Crippen molar-refractivity contribution in [1.82, 2.24) is 9.47 Å². The molecule has 5 aromatic rings. The molecule has 3 heterocycles. The number of benzene rings is 3. The van der Waals surface area contributed by atoms with Crippen molar-refractivity contribution in [3.05, 3.63) is 113 Å². The molecule has 5 heteroatoms. The van der Waals surface area contributed by atoms with Crippen molar-refractivity contribution < 1.29 is 13.9 Å². The number of para-hydroxylation sites is 1. The van der Waals surface area contributed by atoms with E-state index < -0.39 is 0 Å². The molecule has 1 atom stereocenters. The maximum Gasteiger partial charge on any atom is 0.255 e. The Labute approximate surface area is 204 Å². The third kappa shape index (κ3) is 3.35. The molecule has 0 aliphatic carbocycles. The van der Waals surface area contributed by atoms with E-state index in [-0.39, 0.29) is 11.9 Å². The van der Waals surface area contributed by atoms with Crippen LogP contribution in [-0.2, 0) is 13.6 Å². The van der Waals surface area contributed by atoms with Crippen molar-refractivity contribution in [3.63, 3.8) is 0 Å². The lowest BCUT2D eigenvalue weighted by Gasteiger charge is -2.26. The van der Waals surface area contributed by atoms with Gasteiger partial charge in [0.1, 0.15) is 17.3 Å². The second kappa shape index (κ2) is 8.20. The van der Waals surface area contributed by atoms with Crippen molar-refractivity contribution in [1.29, 1.82) is 0 Å². The smallest absolute Gasteiger partial charge is 0.255 e. The molecule has 0 saturated heterocycles. The van der Waals surface area contributed by atoms with E-state index in [1.54, 1.807) is 7.11 Å². The molecule has 1 aliphatic rings. The van der Waals surface area contributed by atoms with Crippen LogP contribution in [0.2, 0.25) is 0 Å². The quantitative estimate of drug-likeness (QED) is 0.299. The summed E-state index contributed by atoms with van der Waals surface area (Å²) in [4.78, 5) is 15.7. The van der Waals surface area contributed by atoms with Gasteiger partial charge in [-0.1, -0.05) is 48.5 Å². The highest BCUT2D eigenvalue weighted by molar-refractivity contribution is 6.02. The van der Waals surface area contributed by atoms with Gasteiger partial charge in [-0.25, -0.2) is 0 Å². The number of nitrogens with zero attached hydrogens (tertiary/aromatic N) is 2. The maximum absolute atomic E-state index is 13.7. The Bertz CT molecular complexity index is 1580. The summed E-state index contributed by atoms with van der Waals surface area (Å²) in [6, 6.07) is 28.1. The van der Waals surface area contributed by atoms with Crippen LogP contribution in [0, 0.1) is 6.92 Å². The van der Waals surface area contributed by atoms with Crippen molar-refractivity contribution in [2.75, 3.05) is 7.11 Å². The summed E-state index contributed by atoms with van der Waals surface area (Å²) in [5.41, 5.74) is 6.10. The number of fused-ring (bicyclic) bond motifs is 2. The van der Waals surface area contributed by atoms with Gasteiger partial charge in [0.25, 0.3) is 5.91 Å². The van der Waals surface area contributed by atoms with Crippen LogP contribution < -0.4 is 4.74 Å². The standard InChI is InChI=1S/C30H26N2O3/c1-19-15-16-22(35-19)18-32-29(23-11-4-5-12-24(23)30(32)33)27-25-13-6-7-14-26(25)31(2)28(27)20-9-8-10-21(17-20)34-3/h4-17,29H,18H2,1-3H3/t29-/m1/s1. The molecule has 174 valence electrons. The fraction of sp³-hybridized carbons (Fsp3) is 0.167. The molecule has 3 aromatic carbocycles. The van der Waals surface area contributed by atoms with Crippen LogP contribution in [0.25, 0.3) is 22.2 Å². The Hall–Kier alpha value is -4.25. The van der Waals surface area contributed by atoms with Crippen LogP contribution in [-0.4, -0.2) is 22.5 Å². The summed E-state index contributed by atoms with van der Waals surface area (Å²) >= 11 is 0. The summed E-state index contributed by atoms with van der Waals surface area (Å²) in [7, 11) is 3.77. The van der Waals surface area contributed by atoms with Crippen molar-refractivity contribution >= 4 is 16.8 Å². The number of furan rings is 1. The van der Waals surface area contributed by atoms with Gasteiger partial charge >= 0.3 is 0 Å². The number of rotatable bonds is 5. The average molecular weight is 463 g/mol. The summed E-state index contributed by atoms with van der Waals surface area (Å²) < 4.78 is 13.7. The average Bonchev–Trinajstić information content (AvgIpc) is 3.52. The molecule has 0 radical (unpaired) electrons. The Morgan fingerprint density at radius 3 is 2.54 bits per heavy atom. The minimum absolute atomic E-state index is 0.0178. The first-order valence-corrected chi connectivity index (χ1v) is 11.7. The van der Waals surface area contributed by atoms with E-state index in [9.17, 15) is 4.79 Å². The zero-order valence-corrected chi connectivity index (χ0v) is 20.0. The third-order valence-corrected chi connectivity index (χ3v) is 6.94. The zero-order chi connectivity index (χ0) is 24.1. The van der Waals surface area contributed by atoms with Crippen LogP contribution >= 0.6 is 0 Å². The number of aromatic nitrogens is 1. The van der Waals surface area contributed by atoms with Gasteiger partial charge in [-0.05, 0) is 48.9 Å². The van der Waals surface area contributed by atoms with Crippen LogP contribution in [0.3, 0.4) is 0 Å². The number of hydrogen-bond acceptors (Lipinski definition) is 3. The van der Waals surface area contributed by atoms with E-state index in [2.05, 4.69) is 54.1 Å². The minimum Gasteiger partial charge on any atom is -0.497 e. The highest BCUT2D eigenvalue weighted by Gasteiger charge is 2.41. The van der Waals surface area contributed by atoms with Crippen LogP contribution in [0.1, 0.15) is 39.0 Å². The molecule has 0 spiro atoms. The lowest BCUT2D eigenvalue weighted by molar-refractivity contribution is 0.0723. The molecule has 1 amide bonds. The van der Waals surface area contributed by atoms with Crippen molar-refractivity contribution in [2.45, 2.75) is 19.5 Å². The monoisotopic (exact) mass is 462 g/mol. The van der Waals surface area contributed by atoms with Gasteiger partial charge in [0.15, 0.2) is 0 Å². The van der Waals surface area contributed by atoms with Crippen LogP contribution in [0.5, 0.6) is 5.75 Å². The largest absolute Gasteiger partial charge is 0.497 e. The fourth-order valence-electron chi connectivity index (χ4n) is 5.40. The van der Waals surface area contributed by atoms with Gasteiger partial charge in [0, 0.05) is 34.6 Å². The molecule has 5 nitrogen and oxygen atoms in total. The van der Waals surface area contributed by atoms with Gasteiger partial charge < -0.3 is 18.6 Å². The summed E-state index contributed by atoms with van der Waals surface area (Å²) in [5, 5.41) is 1.13. The van der Waals surface area contributed by atoms with E-state index in [1.165, 1.54) is 0 Å². The molecule has 1 aliphatic heterocycles. The normalized spacial score (nSPS) is 15.1. The first kappa shape index (κ1) is 21.3. The fourth-order valence-corrected chi connectivity index (χ4v) is 5.40. The third-order valence-electron chi connectivity index (χ3n) is 6.94. The number of ether oxygens (including phenoxy) is 1. The van der Waals surface area contributed by atoms with E-state index in [0.717, 1.165) is 56.1 Å². The number of carbonyl (C=O) groups is 1. The summed E-state index contributed by atoms with van der Waals surface area (Å²) in [6.07, 6.45) is 0. The van der Waals surface area contributed by atoms with Gasteiger partial charge in [-0.15, -0.1) is 0 Å². The zero-order valence-electron chi connectivity index (χ0n) is 20.0. The van der Waals surface area contributed by atoms with Crippen LogP contribution in [0.4, 0.5) is 0 Å². The number of methoxy groups -OCH3 is 1. The molecule has 6 rings (SSSR count). The first-order valence-electron chi connectivity index (χ1n) is 11.7. The van der Waals surface area contributed by atoms with Gasteiger partial charge in [-0.3, -0.25) is 4.79 Å². The second-order valence-corrected chi connectivity index (χ2v) is 9.01.